The number of sulfonamides is 1. The number of hydrogen-bond donors (Lipinski definition) is 1. The Labute approximate surface area is 222 Å². The van der Waals surface area contributed by atoms with Crippen LogP contribution in [0.25, 0.3) is 0 Å². The summed E-state index contributed by atoms with van der Waals surface area (Å²) in [6.07, 6.45) is 6.80. The molecule has 8 heteroatoms. The van der Waals surface area contributed by atoms with Gasteiger partial charge in [-0.25, -0.2) is 8.42 Å². The number of hydrogen-bond acceptors (Lipinski definition) is 4. The van der Waals surface area contributed by atoms with E-state index in [1.807, 2.05) is 64.1 Å². The van der Waals surface area contributed by atoms with E-state index in [1.165, 1.54) is 6.42 Å². The topological polar surface area (TPSA) is 86.8 Å². The van der Waals surface area contributed by atoms with Gasteiger partial charge in [-0.05, 0) is 68.4 Å². The zero-order valence-electron chi connectivity index (χ0n) is 22.8. The highest BCUT2D eigenvalue weighted by Crippen LogP contribution is 2.25. The van der Waals surface area contributed by atoms with E-state index >= 15 is 0 Å². The number of nitrogens with zero attached hydrogens (tertiary/aromatic N) is 2. The monoisotopic (exact) mass is 527 g/mol. The maximum Gasteiger partial charge on any atom is 0.244 e. The molecule has 1 fully saturated rings. The third-order valence-electron chi connectivity index (χ3n) is 7.25. The minimum atomic E-state index is -3.76. The van der Waals surface area contributed by atoms with Crippen molar-refractivity contribution in [3.05, 3.63) is 64.7 Å². The minimum Gasteiger partial charge on any atom is -0.352 e. The van der Waals surface area contributed by atoms with Gasteiger partial charge in [-0.15, -0.1) is 0 Å². The first-order chi connectivity index (χ1) is 17.5. The molecule has 202 valence electrons. The van der Waals surface area contributed by atoms with Gasteiger partial charge in [0.2, 0.25) is 21.8 Å². The summed E-state index contributed by atoms with van der Waals surface area (Å²) < 4.78 is 26.9. The standard InChI is InChI=1S/C29H41N3O4S/c1-6-26(29(34)30-25-14-8-7-9-15-25)31(19-24-13-11-10-12-22(24)3)28(33)20-32(37(5,35)36)27-18-21(2)16-17-23(27)4/h10-13,16-18,25-26H,6-9,14-15,19-20H2,1-5H3,(H,30,34)/t26-/m0/s1. The van der Waals surface area contributed by atoms with Crippen LogP contribution in [0.2, 0.25) is 0 Å². The maximum atomic E-state index is 13.9. The number of rotatable bonds is 10. The largest absolute Gasteiger partial charge is 0.352 e. The molecule has 2 aromatic rings. The second-order valence-electron chi connectivity index (χ2n) is 10.3. The van der Waals surface area contributed by atoms with Gasteiger partial charge in [0.1, 0.15) is 12.6 Å². The van der Waals surface area contributed by atoms with Crippen LogP contribution in [0.5, 0.6) is 0 Å². The van der Waals surface area contributed by atoms with Crippen molar-refractivity contribution in [2.75, 3.05) is 17.1 Å². The predicted molar refractivity (Wildman–Crippen MR) is 149 cm³/mol. The molecule has 0 spiro atoms. The van der Waals surface area contributed by atoms with E-state index in [1.54, 1.807) is 11.0 Å². The smallest absolute Gasteiger partial charge is 0.244 e. The molecular formula is C29H41N3O4S. The molecular weight excluding hydrogens is 486 g/mol. The van der Waals surface area contributed by atoms with Crippen LogP contribution in [0.1, 0.15) is 67.7 Å². The third-order valence-corrected chi connectivity index (χ3v) is 8.38. The van der Waals surface area contributed by atoms with Crippen LogP contribution in [0.15, 0.2) is 42.5 Å². The Morgan fingerprint density at radius 2 is 1.68 bits per heavy atom. The molecule has 1 aliphatic carbocycles. The molecule has 0 heterocycles. The summed E-state index contributed by atoms with van der Waals surface area (Å²) in [4.78, 5) is 29.0. The van der Waals surface area contributed by atoms with Gasteiger partial charge in [0.15, 0.2) is 0 Å². The number of carbonyl (C=O) groups excluding carboxylic acids is 2. The lowest BCUT2D eigenvalue weighted by Crippen LogP contribution is -2.54. The van der Waals surface area contributed by atoms with Crippen LogP contribution in [0.3, 0.4) is 0 Å². The lowest BCUT2D eigenvalue weighted by Gasteiger charge is -2.34. The van der Waals surface area contributed by atoms with E-state index in [0.29, 0.717) is 12.1 Å². The zero-order chi connectivity index (χ0) is 27.2. The summed E-state index contributed by atoms with van der Waals surface area (Å²) in [5, 5.41) is 3.17. The van der Waals surface area contributed by atoms with Gasteiger partial charge < -0.3 is 10.2 Å². The fourth-order valence-electron chi connectivity index (χ4n) is 5.02. The first kappa shape index (κ1) is 28.7. The van der Waals surface area contributed by atoms with Crippen molar-refractivity contribution in [2.24, 2.45) is 0 Å². The van der Waals surface area contributed by atoms with Gasteiger partial charge in [-0.1, -0.05) is 62.6 Å². The van der Waals surface area contributed by atoms with Gasteiger partial charge in [-0.3, -0.25) is 13.9 Å². The van der Waals surface area contributed by atoms with Crippen molar-refractivity contribution >= 4 is 27.5 Å². The lowest BCUT2D eigenvalue weighted by molar-refractivity contribution is -0.140. The first-order valence-electron chi connectivity index (χ1n) is 13.2. The highest BCUT2D eigenvalue weighted by atomic mass is 32.2. The van der Waals surface area contributed by atoms with Crippen molar-refractivity contribution in [1.29, 1.82) is 0 Å². The molecule has 0 aliphatic heterocycles. The quantitative estimate of drug-likeness (QED) is 0.488. The first-order valence-corrected chi connectivity index (χ1v) is 15.1. The molecule has 0 radical (unpaired) electrons. The average molecular weight is 528 g/mol. The molecule has 1 saturated carbocycles. The maximum absolute atomic E-state index is 13.9. The molecule has 0 aromatic heterocycles. The third kappa shape index (κ3) is 7.57. The molecule has 1 aliphatic rings. The van der Waals surface area contributed by atoms with Crippen molar-refractivity contribution in [1.82, 2.24) is 10.2 Å². The van der Waals surface area contributed by atoms with E-state index < -0.39 is 22.0 Å². The highest BCUT2D eigenvalue weighted by molar-refractivity contribution is 7.92. The van der Waals surface area contributed by atoms with Gasteiger partial charge in [0.25, 0.3) is 0 Å². The van der Waals surface area contributed by atoms with E-state index in [0.717, 1.165) is 58.5 Å². The number of aryl methyl sites for hydroxylation is 3. The molecule has 2 amide bonds. The molecule has 3 rings (SSSR count). The summed E-state index contributed by atoms with van der Waals surface area (Å²) in [6, 6.07) is 12.7. The summed E-state index contributed by atoms with van der Waals surface area (Å²) in [7, 11) is -3.76. The molecule has 0 unspecified atom stereocenters. The Hall–Kier alpha value is -2.87. The molecule has 0 bridgehead atoms. The van der Waals surface area contributed by atoms with Gasteiger partial charge in [0.05, 0.1) is 11.9 Å². The summed E-state index contributed by atoms with van der Waals surface area (Å²) in [6.45, 7) is 7.43. The number of nitrogens with one attached hydrogen (secondary N) is 1. The molecule has 0 saturated heterocycles. The van der Waals surface area contributed by atoms with E-state index in [-0.39, 0.29) is 25.0 Å². The fourth-order valence-corrected chi connectivity index (χ4v) is 5.92. The Balaban J connectivity index is 1.95. The molecule has 1 N–H and O–H groups in total. The van der Waals surface area contributed by atoms with Crippen LogP contribution in [-0.4, -0.2) is 50.0 Å². The molecule has 2 aromatic carbocycles. The van der Waals surface area contributed by atoms with E-state index in [4.69, 9.17) is 0 Å². The normalized spacial score (nSPS) is 15.2. The van der Waals surface area contributed by atoms with Crippen LogP contribution in [0, 0.1) is 20.8 Å². The van der Waals surface area contributed by atoms with E-state index in [2.05, 4.69) is 5.32 Å². The second-order valence-corrected chi connectivity index (χ2v) is 12.2. The van der Waals surface area contributed by atoms with Crippen molar-refractivity contribution in [3.63, 3.8) is 0 Å². The summed E-state index contributed by atoms with van der Waals surface area (Å²) >= 11 is 0. The van der Waals surface area contributed by atoms with Crippen molar-refractivity contribution in [2.45, 2.75) is 84.8 Å². The van der Waals surface area contributed by atoms with Crippen molar-refractivity contribution in [3.8, 4) is 0 Å². The molecule has 1 atom stereocenters. The van der Waals surface area contributed by atoms with Gasteiger partial charge in [0, 0.05) is 12.6 Å². The Kier molecular flexibility index (Phi) is 9.76. The lowest BCUT2D eigenvalue weighted by atomic mass is 9.95. The second kappa shape index (κ2) is 12.6. The molecule has 7 nitrogen and oxygen atoms in total. The Morgan fingerprint density at radius 3 is 2.30 bits per heavy atom. The molecule has 37 heavy (non-hydrogen) atoms. The fraction of sp³-hybridized carbons (Fsp3) is 0.517. The SMILES string of the molecule is CC[C@@H](C(=O)NC1CCCCC1)N(Cc1ccccc1C)C(=O)CN(c1cc(C)ccc1C)S(C)(=O)=O. The highest BCUT2D eigenvalue weighted by Gasteiger charge is 2.33. The van der Waals surface area contributed by atoms with Crippen LogP contribution < -0.4 is 9.62 Å². The number of carbonyl (C=O) groups is 2. The predicted octanol–water partition coefficient (Wildman–Crippen LogP) is 4.63. The minimum absolute atomic E-state index is 0.119. The summed E-state index contributed by atoms with van der Waals surface area (Å²) in [5.74, 6) is -0.575. The number of anilines is 1. The van der Waals surface area contributed by atoms with Crippen molar-refractivity contribution < 1.29 is 18.0 Å². The number of benzene rings is 2. The van der Waals surface area contributed by atoms with Crippen LogP contribution in [0.4, 0.5) is 5.69 Å². The van der Waals surface area contributed by atoms with E-state index in [9.17, 15) is 18.0 Å². The van der Waals surface area contributed by atoms with Gasteiger partial charge in [-0.2, -0.15) is 0 Å². The van der Waals surface area contributed by atoms with Crippen LogP contribution in [-0.2, 0) is 26.2 Å². The average Bonchev–Trinajstić information content (AvgIpc) is 2.85. The van der Waals surface area contributed by atoms with Crippen LogP contribution >= 0.6 is 0 Å². The number of amides is 2. The Morgan fingerprint density at radius 1 is 1.00 bits per heavy atom. The Bertz CT molecular complexity index is 1210. The zero-order valence-corrected chi connectivity index (χ0v) is 23.6. The summed E-state index contributed by atoms with van der Waals surface area (Å²) in [5.41, 5.74) is 4.08. The van der Waals surface area contributed by atoms with Gasteiger partial charge >= 0.3 is 0 Å².